The topological polar surface area (TPSA) is 57.7 Å². The summed E-state index contributed by atoms with van der Waals surface area (Å²) in [5.74, 6) is 0.507. The first-order valence-electron chi connectivity index (χ1n) is 6.67. The lowest BCUT2D eigenvalue weighted by molar-refractivity contribution is -0.127. The van der Waals surface area contributed by atoms with E-state index in [9.17, 15) is 13.2 Å². The molecular formula is C12H22N2O3S. The molecule has 2 aliphatic heterocycles. The summed E-state index contributed by atoms with van der Waals surface area (Å²) in [4.78, 5) is 12.1. The Morgan fingerprint density at radius 3 is 2.56 bits per heavy atom. The van der Waals surface area contributed by atoms with Gasteiger partial charge in [0.05, 0.1) is 0 Å². The van der Waals surface area contributed by atoms with Crippen molar-refractivity contribution < 1.29 is 13.2 Å². The quantitative estimate of drug-likeness (QED) is 0.774. The van der Waals surface area contributed by atoms with Gasteiger partial charge in [-0.3, -0.25) is 4.79 Å². The first-order chi connectivity index (χ1) is 8.34. The van der Waals surface area contributed by atoms with Gasteiger partial charge in [-0.25, -0.2) is 4.31 Å². The van der Waals surface area contributed by atoms with E-state index < -0.39 is 16.3 Å². The van der Waals surface area contributed by atoms with Crippen LogP contribution in [0.25, 0.3) is 0 Å². The second kappa shape index (κ2) is 4.81. The van der Waals surface area contributed by atoms with E-state index in [-0.39, 0.29) is 11.8 Å². The molecule has 0 aromatic carbocycles. The second-order valence-electron chi connectivity index (χ2n) is 5.88. The van der Waals surface area contributed by atoms with E-state index in [2.05, 4.69) is 13.8 Å². The van der Waals surface area contributed by atoms with Crippen molar-refractivity contribution in [1.29, 1.82) is 0 Å². The van der Waals surface area contributed by atoms with Crippen LogP contribution < -0.4 is 0 Å². The fourth-order valence-electron chi connectivity index (χ4n) is 3.02. The monoisotopic (exact) mass is 274 g/mol. The van der Waals surface area contributed by atoms with Gasteiger partial charge in [-0.2, -0.15) is 12.7 Å². The van der Waals surface area contributed by atoms with E-state index in [0.29, 0.717) is 25.4 Å². The van der Waals surface area contributed by atoms with Crippen molar-refractivity contribution in [3.8, 4) is 0 Å². The van der Waals surface area contributed by atoms with Gasteiger partial charge in [0.1, 0.15) is 6.04 Å². The van der Waals surface area contributed by atoms with E-state index >= 15 is 0 Å². The molecule has 6 heteroatoms. The summed E-state index contributed by atoms with van der Waals surface area (Å²) in [5.41, 5.74) is 0. The summed E-state index contributed by atoms with van der Waals surface area (Å²) in [6, 6.07) is -0.416. The van der Waals surface area contributed by atoms with Gasteiger partial charge in [0.15, 0.2) is 0 Å². The van der Waals surface area contributed by atoms with Crippen LogP contribution >= 0.6 is 0 Å². The highest BCUT2D eigenvalue weighted by atomic mass is 32.2. The molecule has 2 fully saturated rings. The Labute approximate surface area is 109 Å². The Hall–Kier alpha value is -0.620. The first kappa shape index (κ1) is 13.8. The van der Waals surface area contributed by atoms with Crippen LogP contribution in [0.5, 0.6) is 0 Å². The Morgan fingerprint density at radius 2 is 2.00 bits per heavy atom. The van der Waals surface area contributed by atoms with Crippen LogP contribution in [0, 0.1) is 11.8 Å². The third-order valence-electron chi connectivity index (χ3n) is 3.66. The Morgan fingerprint density at radius 1 is 1.33 bits per heavy atom. The summed E-state index contributed by atoms with van der Waals surface area (Å²) in [5, 5.41) is 0. The number of nitrogens with zero attached hydrogens (tertiary/aromatic N) is 2. The van der Waals surface area contributed by atoms with E-state index in [1.54, 1.807) is 0 Å². The fourth-order valence-corrected chi connectivity index (χ4v) is 4.94. The molecule has 0 spiro atoms. The summed E-state index contributed by atoms with van der Waals surface area (Å²) in [7, 11) is -3.53. The van der Waals surface area contributed by atoms with E-state index in [1.165, 1.54) is 4.31 Å². The molecule has 1 unspecified atom stereocenters. The first-order valence-corrected chi connectivity index (χ1v) is 8.07. The third kappa shape index (κ3) is 2.28. The van der Waals surface area contributed by atoms with E-state index in [0.717, 1.165) is 17.1 Å². The largest absolute Gasteiger partial charge is 0.307 e. The molecule has 104 valence electrons. The zero-order chi connectivity index (χ0) is 13.5. The maximum absolute atomic E-state index is 12.2. The highest BCUT2D eigenvalue weighted by Crippen LogP contribution is 2.32. The van der Waals surface area contributed by atoms with E-state index in [1.807, 2.05) is 6.92 Å². The molecule has 2 heterocycles. The zero-order valence-corrected chi connectivity index (χ0v) is 12.1. The molecule has 0 bridgehead atoms. The highest BCUT2D eigenvalue weighted by Gasteiger charge is 2.52. The van der Waals surface area contributed by atoms with Crippen LogP contribution in [0.15, 0.2) is 0 Å². The molecule has 0 aromatic rings. The lowest BCUT2D eigenvalue weighted by atomic mass is 9.99. The molecule has 0 radical (unpaired) electrons. The number of fused-ring (bicyclic) bond motifs is 1. The van der Waals surface area contributed by atoms with Gasteiger partial charge in [0.25, 0.3) is 5.91 Å². The van der Waals surface area contributed by atoms with Gasteiger partial charge in [-0.05, 0) is 31.1 Å². The van der Waals surface area contributed by atoms with Gasteiger partial charge >= 0.3 is 10.2 Å². The Balaban J connectivity index is 2.11. The van der Waals surface area contributed by atoms with Crippen LogP contribution in [0.4, 0.5) is 0 Å². The Kier molecular flexibility index (Phi) is 3.69. The summed E-state index contributed by atoms with van der Waals surface area (Å²) in [6.45, 7) is 7.04. The average molecular weight is 274 g/mol. The van der Waals surface area contributed by atoms with Gasteiger partial charge in [-0.15, -0.1) is 0 Å². The molecule has 0 aromatic heterocycles. The van der Waals surface area contributed by atoms with Gasteiger partial charge in [-0.1, -0.05) is 20.8 Å². The molecule has 2 rings (SSSR count). The fraction of sp³-hybridized carbons (Fsp3) is 0.917. The molecule has 1 amide bonds. The summed E-state index contributed by atoms with van der Waals surface area (Å²) < 4.78 is 26.9. The minimum absolute atomic E-state index is 0.212. The van der Waals surface area contributed by atoms with E-state index in [4.69, 9.17) is 0 Å². The molecule has 5 nitrogen and oxygen atoms in total. The number of rotatable bonds is 4. The molecule has 18 heavy (non-hydrogen) atoms. The van der Waals surface area contributed by atoms with Crippen molar-refractivity contribution >= 4 is 16.1 Å². The van der Waals surface area contributed by atoms with Crippen molar-refractivity contribution in [2.24, 2.45) is 11.8 Å². The molecule has 2 aliphatic rings. The van der Waals surface area contributed by atoms with Crippen LogP contribution in [-0.4, -0.2) is 42.1 Å². The van der Waals surface area contributed by atoms with Crippen molar-refractivity contribution in [2.45, 2.75) is 46.1 Å². The van der Waals surface area contributed by atoms with Crippen LogP contribution in [-0.2, 0) is 15.0 Å². The van der Waals surface area contributed by atoms with Crippen molar-refractivity contribution in [1.82, 2.24) is 8.61 Å². The zero-order valence-electron chi connectivity index (χ0n) is 11.3. The SMILES string of the molecule is CC(C)CC(C)CN1C(=O)[C@@H]2CCCN2S1(=O)=O. The van der Waals surface area contributed by atoms with Gasteiger partial charge in [0, 0.05) is 13.1 Å². The van der Waals surface area contributed by atoms with Crippen molar-refractivity contribution in [2.75, 3.05) is 13.1 Å². The highest BCUT2D eigenvalue weighted by molar-refractivity contribution is 7.87. The number of carbonyl (C=O) groups excluding carboxylic acids is 1. The van der Waals surface area contributed by atoms with Crippen molar-refractivity contribution in [3.05, 3.63) is 0 Å². The molecule has 0 aliphatic carbocycles. The van der Waals surface area contributed by atoms with Gasteiger partial charge < -0.3 is 0 Å². The molecular weight excluding hydrogens is 252 g/mol. The number of hydrogen-bond acceptors (Lipinski definition) is 3. The smallest absolute Gasteiger partial charge is 0.272 e. The predicted molar refractivity (Wildman–Crippen MR) is 69.0 cm³/mol. The molecule has 2 atom stereocenters. The maximum Gasteiger partial charge on any atom is 0.307 e. The molecule has 0 saturated carbocycles. The molecule has 2 saturated heterocycles. The normalized spacial score (nSPS) is 29.0. The summed E-state index contributed by atoms with van der Waals surface area (Å²) in [6.07, 6.45) is 2.40. The lowest BCUT2D eigenvalue weighted by Crippen LogP contribution is -2.37. The summed E-state index contributed by atoms with van der Waals surface area (Å²) >= 11 is 0. The van der Waals surface area contributed by atoms with Crippen LogP contribution in [0.1, 0.15) is 40.0 Å². The second-order valence-corrected chi connectivity index (χ2v) is 7.69. The minimum atomic E-state index is -3.53. The van der Waals surface area contributed by atoms with Gasteiger partial charge in [0.2, 0.25) is 0 Å². The third-order valence-corrected chi connectivity index (χ3v) is 5.58. The minimum Gasteiger partial charge on any atom is -0.272 e. The molecule has 0 N–H and O–H groups in total. The number of hydrogen-bond donors (Lipinski definition) is 0. The standard InChI is InChI=1S/C12H22N2O3S/c1-9(2)7-10(3)8-14-12(15)11-5-4-6-13(11)18(14,16)17/h9-11H,4-8H2,1-3H3/t10?,11-/m0/s1. The average Bonchev–Trinajstić information content (AvgIpc) is 2.77. The Bertz CT molecular complexity index is 433. The predicted octanol–water partition coefficient (Wildman–Crippen LogP) is 1.22. The lowest BCUT2D eigenvalue weighted by Gasteiger charge is -2.22. The number of carbonyl (C=O) groups is 1. The van der Waals surface area contributed by atoms with Crippen LogP contribution in [0.3, 0.4) is 0 Å². The maximum atomic E-state index is 12.2. The van der Waals surface area contributed by atoms with Crippen molar-refractivity contribution in [3.63, 3.8) is 0 Å². The van der Waals surface area contributed by atoms with Crippen LogP contribution in [0.2, 0.25) is 0 Å². The number of amides is 1.